The highest BCUT2D eigenvalue weighted by molar-refractivity contribution is 9.10. The molecule has 0 saturated carbocycles. The number of hydrogen-bond acceptors (Lipinski definition) is 1. The maximum Gasteiger partial charge on any atom is 0.255 e. The number of carbonyl (C=O) groups excluding carboxylic acids is 1. The van der Waals surface area contributed by atoms with E-state index in [0.29, 0.717) is 4.47 Å². The minimum Gasteiger partial charge on any atom is -0.345 e. The lowest BCUT2D eigenvalue weighted by Crippen LogP contribution is -2.29. The largest absolute Gasteiger partial charge is 0.345 e. The van der Waals surface area contributed by atoms with Crippen molar-refractivity contribution in [2.75, 3.05) is 0 Å². The lowest BCUT2D eigenvalue weighted by molar-refractivity contribution is 0.0930. The van der Waals surface area contributed by atoms with Crippen LogP contribution < -0.4 is 5.32 Å². The molecule has 2 nitrogen and oxygen atoms in total. The molecular weight excluding hydrogens is 321 g/mol. The van der Waals surface area contributed by atoms with Crippen LogP contribution >= 0.6 is 15.9 Å². The monoisotopic (exact) mass is 335 g/mol. The van der Waals surface area contributed by atoms with E-state index in [4.69, 9.17) is 0 Å². The number of halogens is 2. The summed E-state index contributed by atoms with van der Waals surface area (Å²) in [6.45, 7) is 1.98. The highest BCUT2D eigenvalue weighted by Crippen LogP contribution is 2.22. The molecule has 1 unspecified atom stereocenters. The fourth-order valence-electron chi connectivity index (χ4n) is 2.05. The first-order chi connectivity index (χ1) is 9.63. The Kier molecular flexibility index (Phi) is 4.90. The molecule has 0 aliphatic heterocycles. The van der Waals surface area contributed by atoms with Gasteiger partial charge in [-0.25, -0.2) is 4.39 Å². The maximum absolute atomic E-state index is 13.8. The summed E-state index contributed by atoms with van der Waals surface area (Å²) in [4.78, 5) is 12.2. The molecule has 1 atom stereocenters. The van der Waals surface area contributed by atoms with Crippen molar-refractivity contribution >= 4 is 21.8 Å². The molecule has 4 heteroatoms. The number of benzene rings is 2. The summed E-state index contributed by atoms with van der Waals surface area (Å²) in [6, 6.07) is 14.0. The minimum atomic E-state index is -0.528. The molecule has 2 aromatic rings. The molecule has 20 heavy (non-hydrogen) atoms. The Morgan fingerprint density at radius 3 is 2.50 bits per heavy atom. The highest BCUT2D eigenvalue weighted by atomic mass is 79.9. The first kappa shape index (κ1) is 14.7. The van der Waals surface area contributed by atoms with E-state index in [1.54, 1.807) is 12.1 Å². The van der Waals surface area contributed by atoms with Gasteiger partial charge >= 0.3 is 0 Å². The predicted octanol–water partition coefficient (Wildman–Crippen LogP) is 4.47. The third-order valence-electron chi connectivity index (χ3n) is 3.11. The van der Waals surface area contributed by atoms with E-state index in [1.807, 2.05) is 37.3 Å². The van der Waals surface area contributed by atoms with E-state index >= 15 is 0 Å². The number of hydrogen-bond donors (Lipinski definition) is 1. The van der Waals surface area contributed by atoms with Crippen LogP contribution in [0.2, 0.25) is 0 Å². The molecule has 0 aliphatic rings. The standard InChI is InChI=1S/C16H15BrFNO/c1-2-14(11-7-4-3-5-8-11)19-16(20)15-12(17)9-6-10-13(15)18/h3-10,14H,2H2,1H3,(H,19,20). The van der Waals surface area contributed by atoms with E-state index < -0.39 is 11.7 Å². The maximum atomic E-state index is 13.8. The van der Waals surface area contributed by atoms with Gasteiger partial charge in [0, 0.05) is 4.47 Å². The molecule has 0 heterocycles. The van der Waals surface area contributed by atoms with E-state index in [0.717, 1.165) is 12.0 Å². The van der Waals surface area contributed by atoms with Crippen molar-refractivity contribution in [1.29, 1.82) is 0 Å². The van der Waals surface area contributed by atoms with Gasteiger partial charge in [-0.05, 0) is 40.0 Å². The summed E-state index contributed by atoms with van der Waals surface area (Å²) >= 11 is 3.21. The Morgan fingerprint density at radius 1 is 1.20 bits per heavy atom. The Labute approximate surface area is 126 Å². The second kappa shape index (κ2) is 6.66. The predicted molar refractivity (Wildman–Crippen MR) is 81.0 cm³/mol. The Hall–Kier alpha value is -1.68. The van der Waals surface area contributed by atoms with Crippen molar-refractivity contribution in [3.8, 4) is 0 Å². The van der Waals surface area contributed by atoms with E-state index in [9.17, 15) is 9.18 Å². The van der Waals surface area contributed by atoms with Crippen LogP contribution in [0.3, 0.4) is 0 Å². The molecule has 0 fully saturated rings. The SMILES string of the molecule is CCC(NC(=O)c1c(F)cccc1Br)c1ccccc1. The number of amides is 1. The fraction of sp³-hybridized carbons (Fsp3) is 0.188. The van der Waals surface area contributed by atoms with Gasteiger partial charge in [-0.2, -0.15) is 0 Å². The molecule has 0 radical (unpaired) electrons. The fourth-order valence-corrected chi connectivity index (χ4v) is 2.57. The van der Waals surface area contributed by atoms with Gasteiger partial charge in [0.2, 0.25) is 0 Å². The van der Waals surface area contributed by atoms with Crippen LogP contribution in [0, 0.1) is 5.82 Å². The van der Waals surface area contributed by atoms with Gasteiger partial charge in [0.25, 0.3) is 5.91 Å². The van der Waals surface area contributed by atoms with Crippen LogP contribution in [0.25, 0.3) is 0 Å². The van der Waals surface area contributed by atoms with Crippen LogP contribution in [0.4, 0.5) is 4.39 Å². The summed E-state index contributed by atoms with van der Waals surface area (Å²) < 4.78 is 14.2. The minimum absolute atomic E-state index is 0.0434. The number of rotatable bonds is 4. The molecule has 1 amide bonds. The van der Waals surface area contributed by atoms with Crippen LogP contribution in [0.15, 0.2) is 53.0 Å². The molecule has 2 rings (SSSR count). The van der Waals surface area contributed by atoms with Crippen molar-refractivity contribution in [2.24, 2.45) is 0 Å². The lowest BCUT2D eigenvalue weighted by Gasteiger charge is -2.18. The smallest absolute Gasteiger partial charge is 0.255 e. The van der Waals surface area contributed by atoms with Crippen molar-refractivity contribution in [1.82, 2.24) is 5.32 Å². The zero-order valence-corrected chi connectivity index (χ0v) is 12.7. The zero-order valence-electron chi connectivity index (χ0n) is 11.1. The second-order valence-electron chi connectivity index (χ2n) is 4.44. The molecule has 0 saturated heterocycles. The lowest BCUT2D eigenvalue weighted by atomic mass is 10.0. The molecule has 104 valence electrons. The average molecular weight is 336 g/mol. The number of nitrogens with one attached hydrogen (secondary N) is 1. The van der Waals surface area contributed by atoms with Gasteiger partial charge < -0.3 is 5.32 Å². The van der Waals surface area contributed by atoms with Gasteiger partial charge in [0.15, 0.2) is 0 Å². The summed E-state index contributed by atoms with van der Waals surface area (Å²) in [6.07, 6.45) is 0.738. The van der Waals surface area contributed by atoms with Crippen LogP contribution in [0.5, 0.6) is 0 Å². The summed E-state index contributed by atoms with van der Waals surface area (Å²) in [5.74, 6) is -0.939. The summed E-state index contributed by atoms with van der Waals surface area (Å²) in [5.41, 5.74) is 1.05. The van der Waals surface area contributed by atoms with Crippen LogP contribution in [-0.4, -0.2) is 5.91 Å². The van der Waals surface area contributed by atoms with Crippen molar-refractivity contribution in [3.63, 3.8) is 0 Å². The Bertz CT molecular complexity index is 580. The molecule has 0 aliphatic carbocycles. The number of carbonyl (C=O) groups is 1. The normalized spacial score (nSPS) is 11.9. The molecule has 1 N–H and O–H groups in total. The topological polar surface area (TPSA) is 29.1 Å². The van der Waals surface area contributed by atoms with Gasteiger partial charge in [-0.3, -0.25) is 4.79 Å². The van der Waals surface area contributed by atoms with Crippen molar-refractivity contribution in [2.45, 2.75) is 19.4 Å². The molecule has 2 aromatic carbocycles. The average Bonchev–Trinajstić information content (AvgIpc) is 2.45. The van der Waals surface area contributed by atoms with Crippen molar-refractivity contribution in [3.05, 3.63) is 69.9 Å². The first-order valence-electron chi connectivity index (χ1n) is 6.43. The van der Waals surface area contributed by atoms with Crippen molar-refractivity contribution < 1.29 is 9.18 Å². The van der Waals surface area contributed by atoms with E-state index in [-0.39, 0.29) is 11.6 Å². The van der Waals surface area contributed by atoms with Crippen LogP contribution in [-0.2, 0) is 0 Å². The van der Waals surface area contributed by atoms with E-state index in [2.05, 4.69) is 21.2 Å². The van der Waals surface area contributed by atoms with Gasteiger partial charge in [0.05, 0.1) is 11.6 Å². The Balaban J connectivity index is 2.22. The second-order valence-corrected chi connectivity index (χ2v) is 5.30. The molecular formula is C16H15BrFNO. The molecule has 0 spiro atoms. The van der Waals surface area contributed by atoms with Crippen LogP contribution in [0.1, 0.15) is 35.3 Å². The third kappa shape index (κ3) is 3.25. The molecule has 0 bridgehead atoms. The third-order valence-corrected chi connectivity index (χ3v) is 3.77. The summed E-state index contributed by atoms with van der Waals surface area (Å²) in [5, 5.41) is 2.87. The van der Waals surface area contributed by atoms with E-state index in [1.165, 1.54) is 6.07 Å². The zero-order chi connectivity index (χ0) is 14.5. The van der Waals surface area contributed by atoms with Gasteiger partial charge in [-0.1, -0.05) is 43.3 Å². The Morgan fingerprint density at radius 2 is 1.90 bits per heavy atom. The first-order valence-corrected chi connectivity index (χ1v) is 7.22. The van der Waals surface area contributed by atoms with Gasteiger partial charge in [0.1, 0.15) is 5.82 Å². The van der Waals surface area contributed by atoms with Gasteiger partial charge in [-0.15, -0.1) is 0 Å². The summed E-state index contributed by atoms with van der Waals surface area (Å²) in [7, 11) is 0. The quantitative estimate of drug-likeness (QED) is 0.877. The highest BCUT2D eigenvalue weighted by Gasteiger charge is 2.19. The molecule has 0 aromatic heterocycles.